The van der Waals surface area contributed by atoms with Gasteiger partial charge in [-0.15, -0.1) is 0 Å². The molecule has 0 N–H and O–H groups in total. The van der Waals surface area contributed by atoms with E-state index in [0.29, 0.717) is 0 Å². The largest absolute Gasteiger partial charge is 0.311 e. The van der Waals surface area contributed by atoms with E-state index in [-0.39, 0.29) is 11.9 Å². The molecule has 114 valence electrons. The predicted octanol–water partition coefficient (Wildman–Crippen LogP) is 3.09. The van der Waals surface area contributed by atoms with Crippen LogP contribution in [0.15, 0.2) is 24.3 Å². The predicted molar refractivity (Wildman–Crippen MR) is 86.5 cm³/mol. The van der Waals surface area contributed by atoms with Crippen LogP contribution in [0.25, 0.3) is 0 Å². The molecule has 0 bridgehead atoms. The van der Waals surface area contributed by atoms with E-state index in [1.807, 2.05) is 11.0 Å². The molecule has 1 saturated heterocycles. The first-order chi connectivity index (χ1) is 10.2. The normalized spacial score (nSPS) is 21.9. The molecule has 3 nitrogen and oxygen atoms in total. The first-order valence-corrected chi connectivity index (χ1v) is 8.30. The summed E-state index contributed by atoms with van der Waals surface area (Å²) in [6.45, 7) is 7.37. The third kappa shape index (κ3) is 2.98. The van der Waals surface area contributed by atoms with Gasteiger partial charge in [-0.2, -0.15) is 0 Å². The van der Waals surface area contributed by atoms with Crippen molar-refractivity contribution in [2.24, 2.45) is 5.92 Å². The molecule has 0 saturated carbocycles. The summed E-state index contributed by atoms with van der Waals surface area (Å²) in [4.78, 5) is 17.3. The van der Waals surface area contributed by atoms with E-state index in [4.69, 9.17) is 0 Å². The number of piperidine rings is 1. The van der Waals surface area contributed by atoms with Crippen LogP contribution in [0, 0.1) is 5.92 Å². The van der Waals surface area contributed by atoms with E-state index in [1.165, 1.54) is 18.4 Å². The number of likely N-dealkylation sites (tertiary alicyclic amines) is 1. The first kappa shape index (κ1) is 14.6. The van der Waals surface area contributed by atoms with Gasteiger partial charge in [0.25, 0.3) is 0 Å². The molecule has 1 aromatic rings. The summed E-state index contributed by atoms with van der Waals surface area (Å²) >= 11 is 0. The number of nitrogens with zero attached hydrogens (tertiary/aromatic N) is 2. The van der Waals surface area contributed by atoms with Crippen LogP contribution in [-0.2, 0) is 11.2 Å². The Morgan fingerprint density at radius 3 is 2.67 bits per heavy atom. The topological polar surface area (TPSA) is 23.6 Å². The molecule has 2 aliphatic heterocycles. The van der Waals surface area contributed by atoms with Crippen LogP contribution in [0.2, 0.25) is 0 Å². The second-order valence-electron chi connectivity index (χ2n) is 6.62. The second-order valence-corrected chi connectivity index (χ2v) is 6.62. The number of carbonyl (C=O) groups excluding carboxylic acids is 1. The van der Waals surface area contributed by atoms with Gasteiger partial charge in [0.15, 0.2) is 0 Å². The van der Waals surface area contributed by atoms with Crippen molar-refractivity contribution in [3.05, 3.63) is 29.8 Å². The Kier molecular flexibility index (Phi) is 4.29. The van der Waals surface area contributed by atoms with Crippen LogP contribution in [0.3, 0.4) is 0 Å². The SMILES string of the molecule is CC1CCN(C(C)C(=O)N2CCCc3ccccc32)CC1. The lowest BCUT2D eigenvalue weighted by Crippen LogP contribution is -2.50. The Morgan fingerprint density at radius 2 is 1.90 bits per heavy atom. The highest BCUT2D eigenvalue weighted by Gasteiger charge is 2.30. The fraction of sp³-hybridized carbons (Fsp3) is 0.611. The smallest absolute Gasteiger partial charge is 0.244 e. The highest BCUT2D eigenvalue weighted by Crippen LogP contribution is 2.28. The Morgan fingerprint density at radius 1 is 1.19 bits per heavy atom. The van der Waals surface area contributed by atoms with Crippen LogP contribution in [0.4, 0.5) is 5.69 Å². The van der Waals surface area contributed by atoms with E-state index in [9.17, 15) is 4.79 Å². The van der Waals surface area contributed by atoms with E-state index < -0.39 is 0 Å². The van der Waals surface area contributed by atoms with Gasteiger partial charge in [-0.1, -0.05) is 25.1 Å². The average molecular weight is 286 g/mol. The molecule has 1 aromatic carbocycles. The molecule has 1 amide bonds. The summed E-state index contributed by atoms with van der Waals surface area (Å²) in [5.41, 5.74) is 2.45. The number of fused-ring (bicyclic) bond motifs is 1. The lowest BCUT2D eigenvalue weighted by molar-refractivity contribution is -0.123. The van der Waals surface area contributed by atoms with Crippen molar-refractivity contribution in [1.29, 1.82) is 0 Å². The Labute approximate surface area is 127 Å². The maximum absolute atomic E-state index is 12.9. The molecular formula is C18H26N2O. The van der Waals surface area contributed by atoms with Crippen molar-refractivity contribution < 1.29 is 4.79 Å². The maximum atomic E-state index is 12.9. The summed E-state index contributed by atoms with van der Waals surface area (Å²) < 4.78 is 0. The fourth-order valence-corrected chi connectivity index (χ4v) is 3.56. The monoisotopic (exact) mass is 286 g/mol. The number of hydrogen-bond donors (Lipinski definition) is 0. The van der Waals surface area contributed by atoms with Crippen LogP contribution in [0.1, 0.15) is 38.7 Å². The van der Waals surface area contributed by atoms with Crippen molar-refractivity contribution in [2.45, 2.75) is 45.6 Å². The molecule has 0 aromatic heterocycles. The molecule has 1 atom stereocenters. The highest BCUT2D eigenvalue weighted by atomic mass is 16.2. The summed E-state index contributed by atoms with van der Waals surface area (Å²) in [7, 11) is 0. The van der Waals surface area contributed by atoms with Gasteiger partial charge in [0.2, 0.25) is 5.91 Å². The van der Waals surface area contributed by atoms with Crippen molar-refractivity contribution in [3.63, 3.8) is 0 Å². The third-order valence-corrected chi connectivity index (χ3v) is 5.10. The Hall–Kier alpha value is -1.35. The maximum Gasteiger partial charge on any atom is 0.244 e. The van der Waals surface area contributed by atoms with Gasteiger partial charge in [0.1, 0.15) is 0 Å². The standard InChI is InChI=1S/C18H26N2O/c1-14-9-12-19(13-10-14)15(2)18(21)20-11-5-7-16-6-3-4-8-17(16)20/h3-4,6,8,14-15H,5,7,9-13H2,1-2H3. The molecule has 1 unspecified atom stereocenters. The van der Waals surface area contributed by atoms with Crippen LogP contribution < -0.4 is 4.90 Å². The molecular weight excluding hydrogens is 260 g/mol. The molecule has 21 heavy (non-hydrogen) atoms. The molecule has 2 heterocycles. The van der Waals surface area contributed by atoms with Crippen LogP contribution in [0.5, 0.6) is 0 Å². The van der Waals surface area contributed by atoms with Crippen molar-refractivity contribution >= 4 is 11.6 Å². The zero-order chi connectivity index (χ0) is 14.8. The van der Waals surface area contributed by atoms with Gasteiger partial charge in [-0.05, 0) is 63.2 Å². The van der Waals surface area contributed by atoms with Gasteiger partial charge in [-0.25, -0.2) is 0 Å². The molecule has 3 rings (SSSR count). The Bertz CT molecular complexity index is 506. The number of aryl methyl sites for hydroxylation is 1. The number of rotatable bonds is 2. The molecule has 2 aliphatic rings. The van der Waals surface area contributed by atoms with E-state index >= 15 is 0 Å². The minimum Gasteiger partial charge on any atom is -0.311 e. The fourth-order valence-electron chi connectivity index (χ4n) is 3.56. The number of amides is 1. The highest BCUT2D eigenvalue weighted by molar-refractivity contribution is 5.98. The van der Waals surface area contributed by atoms with Gasteiger partial charge < -0.3 is 4.90 Å². The number of hydrogen-bond acceptors (Lipinski definition) is 2. The summed E-state index contributed by atoms with van der Waals surface area (Å²) in [6.07, 6.45) is 4.60. The van der Waals surface area contributed by atoms with Crippen molar-refractivity contribution in [2.75, 3.05) is 24.5 Å². The van der Waals surface area contributed by atoms with Gasteiger partial charge in [-0.3, -0.25) is 9.69 Å². The number of benzene rings is 1. The van der Waals surface area contributed by atoms with Gasteiger partial charge in [0, 0.05) is 12.2 Å². The summed E-state index contributed by atoms with van der Waals surface area (Å²) in [6, 6.07) is 8.36. The van der Waals surface area contributed by atoms with Gasteiger partial charge in [0.05, 0.1) is 6.04 Å². The Balaban J connectivity index is 1.73. The molecule has 0 spiro atoms. The minimum absolute atomic E-state index is 0.00339. The van der Waals surface area contributed by atoms with E-state index in [1.54, 1.807) is 0 Å². The molecule has 1 fully saturated rings. The van der Waals surface area contributed by atoms with E-state index in [0.717, 1.165) is 44.1 Å². The lowest BCUT2D eigenvalue weighted by Gasteiger charge is -2.38. The minimum atomic E-state index is 0.00339. The average Bonchev–Trinajstić information content (AvgIpc) is 2.53. The van der Waals surface area contributed by atoms with Crippen LogP contribution >= 0.6 is 0 Å². The van der Waals surface area contributed by atoms with Crippen LogP contribution in [-0.4, -0.2) is 36.5 Å². The number of para-hydroxylation sites is 1. The molecule has 0 aliphatic carbocycles. The van der Waals surface area contributed by atoms with E-state index in [2.05, 4.69) is 36.9 Å². The van der Waals surface area contributed by atoms with Crippen molar-refractivity contribution in [1.82, 2.24) is 4.90 Å². The number of anilines is 1. The number of carbonyl (C=O) groups is 1. The summed E-state index contributed by atoms with van der Waals surface area (Å²) in [5.74, 6) is 1.08. The zero-order valence-corrected chi connectivity index (χ0v) is 13.2. The third-order valence-electron chi connectivity index (χ3n) is 5.10. The van der Waals surface area contributed by atoms with Gasteiger partial charge >= 0.3 is 0 Å². The van der Waals surface area contributed by atoms with Crippen molar-refractivity contribution in [3.8, 4) is 0 Å². The quantitative estimate of drug-likeness (QED) is 0.834. The first-order valence-electron chi connectivity index (χ1n) is 8.30. The molecule has 3 heteroatoms. The second kappa shape index (κ2) is 6.18. The molecule has 0 radical (unpaired) electrons. The lowest BCUT2D eigenvalue weighted by atomic mass is 9.97. The summed E-state index contributed by atoms with van der Waals surface area (Å²) in [5, 5.41) is 0. The zero-order valence-electron chi connectivity index (χ0n) is 13.2.